The van der Waals surface area contributed by atoms with Crippen LogP contribution in [0.4, 0.5) is 15.8 Å². The van der Waals surface area contributed by atoms with Crippen molar-refractivity contribution in [3.05, 3.63) is 45.1 Å². The number of nitro groups is 1. The molecule has 0 unspecified atom stereocenters. The second kappa shape index (κ2) is 6.83. The third-order valence-electron chi connectivity index (χ3n) is 3.32. The molecule has 24 heavy (non-hydrogen) atoms. The highest BCUT2D eigenvalue weighted by Crippen LogP contribution is 2.37. The van der Waals surface area contributed by atoms with Gasteiger partial charge in [0, 0.05) is 5.69 Å². The number of aromatic nitrogens is 3. The van der Waals surface area contributed by atoms with Gasteiger partial charge in [0.15, 0.2) is 8.68 Å². The van der Waals surface area contributed by atoms with Gasteiger partial charge in [-0.15, -0.1) is 10.2 Å². The van der Waals surface area contributed by atoms with E-state index in [-0.39, 0.29) is 5.00 Å². The van der Waals surface area contributed by atoms with Crippen molar-refractivity contribution in [2.45, 2.75) is 29.5 Å². The Hall–Kier alpha value is -2.04. The van der Waals surface area contributed by atoms with E-state index in [2.05, 4.69) is 46.5 Å². The molecule has 2 heterocycles. The lowest BCUT2D eigenvalue weighted by Gasteiger charge is -2.09. The van der Waals surface area contributed by atoms with Crippen LogP contribution in [0.3, 0.4) is 0 Å². The minimum Gasteiger partial charge on any atom is -0.330 e. The first-order valence-electron chi connectivity index (χ1n) is 6.89. The molecule has 7 nitrogen and oxygen atoms in total. The van der Waals surface area contributed by atoms with Gasteiger partial charge >= 0.3 is 5.00 Å². The molecule has 3 rings (SSSR count). The Morgan fingerprint density at radius 2 is 1.83 bits per heavy atom. The van der Waals surface area contributed by atoms with Crippen LogP contribution in [0.15, 0.2) is 27.0 Å². The number of nitrogens with zero attached hydrogens (tertiary/aromatic N) is 4. The van der Waals surface area contributed by atoms with Crippen molar-refractivity contribution in [1.29, 1.82) is 0 Å². The van der Waals surface area contributed by atoms with E-state index in [0.29, 0.717) is 13.8 Å². The Morgan fingerprint density at radius 1 is 1.08 bits per heavy atom. The molecule has 124 valence electrons. The summed E-state index contributed by atoms with van der Waals surface area (Å²) in [5, 5.41) is 22.9. The maximum absolute atomic E-state index is 10.7. The summed E-state index contributed by atoms with van der Waals surface area (Å²) in [5.41, 5.74) is 4.59. The van der Waals surface area contributed by atoms with Crippen LogP contribution in [0.5, 0.6) is 0 Å². The van der Waals surface area contributed by atoms with Crippen LogP contribution < -0.4 is 5.32 Å². The van der Waals surface area contributed by atoms with E-state index in [4.69, 9.17) is 0 Å². The number of hydrogen-bond acceptors (Lipinski definition) is 9. The molecule has 2 aromatic heterocycles. The van der Waals surface area contributed by atoms with Crippen LogP contribution in [0.1, 0.15) is 16.7 Å². The van der Waals surface area contributed by atoms with Crippen LogP contribution in [0.2, 0.25) is 0 Å². The van der Waals surface area contributed by atoms with Crippen molar-refractivity contribution in [3.8, 4) is 0 Å². The fourth-order valence-corrected chi connectivity index (χ4v) is 4.72. The number of thiazole rings is 1. The SMILES string of the molecule is Cc1cc(C)c(Nc2nnc(Sc3ncc([N+](=O)[O-])s3)s2)cc1C. The minimum atomic E-state index is -0.447. The Kier molecular flexibility index (Phi) is 4.78. The van der Waals surface area contributed by atoms with E-state index < -0.39 is 4.92 Å². The number of rotatable bonds is 5. The Labute approximate surface area is 150 Å². The van der Waals surface area contributed by atoms with Crippen molar-refractivity contribution in [2.24, 2.45) is 0 Å². The zero-order chi connectivity index (χ0) is 17.3. The molecule has 0 saturated carbocycles. The average molecular weight is 379 g/mol. The topological polar surface area (TPSA) is 93.8 Å². The number of benzene rings is 1. The van der Waals surface area contributed by atoms with Gasteiger partial charge in [-0.3, -0.25) is 10.1 Å². The second-order valence-corrected chi connectivity index (χ2v) is 8.55. The van der Waals surface area contributed by atoms with Gasteiger partial charge < -0.3 is 5.32 Å². The molecule has 1 aromatic carbocycles. The molecule has 0 aliphatic heterocycles. The van der Waals surface area contributed by atoms with Crippen molar-refractivity contribution < 1.29 is 4.92 Å². The monoisotopic (exact) mass is 379 g/mol. The zero-order valence-corrected chi connectivity index (χ0v) is 15.5. The molecule has 0 fully saturated rings. The standard InChI is InChI=1S/C14H13N5O2S3/c1-7-4-9(3)10(5-8(7)2)16-12-17-18-14(23-12)24-13-15-6-11(22-13)19(20)21/h4-6H,1-3H3,(H,16,17). The van der Waals surface area contributed by atoms with Gasteiger partial charge in [-0.1, -0.05) is 17.4 Å². The van der Waals surface area contributed by atoms with E-state index >= 15 is 0 Å². The molecular formula is C14H13N5O2S3. The largest absolute Gasteiger partial charge is 0.344 e. The van der Waals surface area contributed by atoms with Gasteiger partial charge in [-0.05, 0) is 66.6 Å². The number of anilines is 2. The summed E-state index contributed by atoms with van der Waals surface area (Å²) in [6.45, 7) is 6.19. The Bertz CT molecular complexity index is 906. The third-order valence-corrected chi connectivity index (χ3v) is 6.23. The molecule has 0 radical (unpaired) electrons. The van der Waals surface area contributed by atoms with Gasteiger partial charge in [0.1, 0.15) is 6.20 Å². The van der Waals surface area contributed by atoms with Gasteiger partial charge in [-0.2, -0.15) is 0 Å². The van der Waals surface area contributed by atoms with E-state index in [1.165, 1.54) is 40.4 Å². The van der Waals surface area contributed by atoms with Crippen molar-refractivity contribution in [3.63, 3.8) is 0 Å². The zero-order valence-electron chi connectivity index (χ0n) is 13.1. The van der Waals surface area contributed by atoms with Crippen LogP contribution in [-0.4, -0.2) is 20.1 Å². The predicted octanol–water partition coefficient (Wildman–Crippen LogP) is 4.72. The van der Waals surface area contributed by atoms with Gasteiger partial charge in [-0.25, -0.2) is 4.98 Å². The van der Waals surface area contributed by atoms with Crippen molar-refractivity contribution in [2.75, 3.05) is 5.32 Å². The minimum absolute atomic E-state index is 0.0196. The molecule has 0 aliphatic rings. The van der Waals surface area contributed by atoms with E-state index in [0.717, 1.165) is 22.6 Å². The van der Waals surface area contributed by atoms with Gasteiger partial charge in [0.05, 0.1) is 4.92 Å². The quantitative estimate of drug-likeness (QED) is 0.506. The molecule has 0 saturated heterocycles. The maximum Gasteiger partial charge on any atom is 0.344 e. The first-order chi connectivity index (χ1) is 11.4. The summed E-state index contributed by atoms with van der Waals surface area (Å²) >= 11 is 3.69. The highest BCUT2D eigenvalue weighted by molar-refractivity contribution is 8.02. The van der Waals surface area contributed by atoms with E-state index in [9.17, 15) is 10.1 Å². The maximum atomic E-state index is 10.7. The van der Waals surface area contributed by atoms with Gasteiger partial charge in [0.2, 0.25) is 5.13 Å². The van der Waals surface area contributed by atoms with Crippen LogP contribution in [-0.2, 0) is 0 Å². The molecular weight excluding hydrogens is 366 g/mol. The summed E-state index contributed by atoms with van der Waals surface area (Å²) in [7, 11) is 0. The smallest absolute Gasteiger partial charge is 0.330 e. The van der Waals surface area contributed by atoms with Gasteiger partial charge in [0.25, 0.3) is 0 Å². The number of hydrogen-bond donors (Lipinski definition) is 1. The lowest BCUT2D eigenvalue weighted by atomic mass is 10.1. The summed E-state index contributed by atoms with van der Waals surface area (Å²) in [4.78, 5) is 14.3. The second-order valence-electron chi connectivity index (χ2n) is 5.07. The highest BCUT2D eigenvalue weighted by Gasteiger charge is 2.15. The number of aryl methyl sites for hydroxylation is 3. The molecule has 0 amide bonds. The summed E-state index contributed by atoms with van der Waals surface area (Å²) in [5.74, 6) is 0. The molecule has 0 atom stereocenters. The lowest BCUT2D eigenvalue weighted by Crippen LogP contribution is -1.95. The molecule has 0 bridgehead atoms. The fourth-order valence-electron chi connectivity index (χ4n) is 1.97. The molecule has 0 aliphatic carbocycles. The molecule has 10 heteroatoms. The third kappa shape index (κ3) is 3.71. The van der Waals surface area contributed by atoms with E-state index in [1.807, 2.05) is 6.92 Å². The summed E-state index contributed by atoms with van der Waals surface area (Å²) < 4.78 is 1.26. The van der Waals surface area contributed by atoms with E-state index in [1.54, 1.807) is 0 Å². The normalized spacial score (nSPS) is 10.8. The highest BCUT2D eigenvalue weighted by atomic mass is 32.2. The lowest BCUT2D eigenvalue weighted by molar-refractivity contribution is -0.380. The fraction of sp³-hybridized carbons (Fsp3) is 0.214. The summed E-state index contributed by atoms with van der Waals surface area (Å²) in [6, 6.07) is 4.21. The number of nitrogens with one attached hydrogen (secondary N) is 1. The molecule has 1 N–H and O–H groups in total. The first kappa shape index (κ1) is 16.8. The Morgan fingerprint density at radius 3 is 2.54 bits per heavy atom. The van der Waals surface area contributed by atoms with Crippen molar-refractivity contribution >= 4 is 50.3 Å². The molecule has 0 spiro atoms. The first-order valence-corrected chi connectivity index (χ1v) is 9.34. The summed E-state index contributed by atoms with van der Waals surface area (Å²) in [6.07, 6.45) is 1.26. The van der Waals surface area contributed by atoms with Crippen molar-refractivity contribution in [1.82, 2.24) is 15.2 Å². The average Bonchev–Trinajstić information content (AvgIpc) is 3.15. The van der Waals surface area contributed by atoms with Crippen LogP contribution >= 0.6 is 34.4 Å². The van der Waals surface area contributed by atoms with Crippen LogP contribution in [0.25, 0.3) is 0 Å². The predicted molar refractivity (Wildman–Crippen MR) is 96.7 cm³/mol. The Balaban J connectivity index is 1.73. The van der Waals surface area contributed by atoms with Crippen LogP contribution in [0, 0.1) is 30.9 Å². The molecule has 3 aromatic rings.